The lowest BCUT2D eigenvalue weighted by Crippen LogP contribution is -2.35. The average Bonchev–Trinajstić information content (AvgIpc) is 3.25. The summed E-state index contributed by atoms with van der Waals surface area (Å²) in [7, 11) is 1.67. The smallest absolute Gasteiger partial charge is 0.256 e. The molecule has 0 unspecified atom stereocenters. The third-order valence-corrected chi connectivity index (χ3v) is 6.06. The summed E-state index contributed by atoms with van der Waals surface area (Å²) in [5, 5.41) is 0.485. The highest BCUT2D eigenvalue weighted by Gasteiger charge is 2.48. The number of methoxy groups -OCH3 is 1. The van der Waals surface area contributed by atoms with Gasteiger partial charge >= 0.3 is 0 Å². The number of carbonyl (C=O) groups excluding carboxylic acids is 1. The van der Waals surface area contributed by atoms with Crippen LogP contribution in [0.1, 0.15) is 28.9 Å². The summed E-state index contributed by atoms with van der Waals surface area (Å²) in [6, 6.07) is 9.86. The van der Waals surface area contributed by atoms with Crippen LogP contribution in [-0.4, -0.2) is 54.0 Å². The highest BCUT2D eigenvalue weighted by Crippen LogP contribution is 2.45. The Balaban J connectivity index is 1.68. The van der Waals surface area contributed by atoms with E-state index in [1.165, 1.54) is 0 Å². The first-order valence-corrected chi connectivity index (χ1v) is 9.76. The standard InChI is InChI=1S/C21H24ClN3O2/c1-3-24-11-16-12-25(21(26)15-8-17(22)10-23-9-15)20(19(16)13-24)14-4-6-18(27-2)7-5-14/h4-10,16,19-20H,3,11-13H2,1-2H3/t16-,19-,20-/m0/s1. The molecule has 142 valence electrons. The van der Waals surface area contributed by atoms with Gasteiger partial charge in [-0.05, 0) is 36.2 Å². The number of hydrogen-bond acceptors (Lipinski definition) is 4. The number of halogens is 1. The number of fused-ring (bicyclic) bond motifs is 1. The first-order valence-electron chi connectivity index (χ1n) is 9.38. The van der Waals surface area contributed by atoms with Crippen LogP contribution in [0.3, 0.4) is 0 Å². The Morgan fingerprint density at radius 1 is 1.22 bits per heavy atom. The lowest BCUT2D eigenvalue weighted by molar-refractivity contribution is 0.0701. The molecular weight excluding hydrogens is 362 g/mol. The summed E-state index contributed by atoms with van der Waals surface area (Å²) in [6.07, 6.45) is 3.16. The fourth-order valence-corrected chi connectivity index (χ4v) is 4.70. The van der Waals surface area contributed by atoms with Gasteiger partial charge in [-0.2, -0.15) is 0 Å². The molecule has 2 aliphatic heterocycles. The minimum absolute atomic E-state index is 0.00302. The van der Waals surface area contributed by atoms with Gasteiger partial charge in [0, 0.05) is 37.9 Å². The molecule has 1 aromatic heterocycles. The molecule has 1 aromatic carbocycles. The zero-order valence-electron chi connectivity index (χ0n) is 15.6. The van der Waals surface area contributed by atoms with Gasteiger partial charge in [-0.25, -0.2) is 0 Å². The topological polar surface area (TPSA) is 45.7 Å². The minimum Gasteiger partial charge on any atom is -0.497 e. The molecule has 0 spiro atoms. The van der Waals surface area contributed by atoms with Gasteiger partial charge in [0.05, 0.1) is 23.7 Å². The van der Waals surface area contributed by atoms with E-state index in [2.05, 4.69) is 28.9 Å². The molecule has 5 nitrogen and oxygen atoms in total. The van der Waals surface area contributed by atoms with Crippen molar-refractivity contribution in [2.45, 2.75) is 13.0 Å². The molecule has 0 saturated carbocycles. The van der Waals surface area contributed by atoms with Crippen LogP contribution in [-0.2, 0) is 0 Å². The van der Waals surface area contributed by atoms with Crippen molar-refractivity contribution >= 4 is 17.5 Å². The number of carbonyl (C=O) groups is 1. The normalized spacial score (nSPS) is 24.9. The van der Waals surface area contributed by atoms with Crippen molar-refractivity contribution in [3.63, 3.8) is 0 Å². The number of aromatic nitrogens is 1. The Morgan fingerprint density at radius 2 is 2.00 bits per heavy atom. The van der Waals surface area contributed by atoms with Gasteiger partial charge in [-0.3, -0.25) is 9.78 Å². The fourth-order valence-electron chi connectivity index (χ4n) is 4.53. The summed E-state index contributed by atoms with van der Waals surface area (Å²) in [5.74, 6) is 1.76. The van der Waals surface area contributed by atoms with Crippen LogP contribution in [0, 0.1) is 11.8 Å². The minimum atomic E-state index is 0.00302. The molecule has 2 saturated heterocycles. The highest BCUT2D eigenvalue weighted by molar-refractivity contribution is 6.30. The van der Waals surface area contributed by atoms with Crippen molar-refractivity contribution in [1.82, 2.24) is 14.8 Å². The number of likely N-dealkylation sites (tertiary alicyclic amines) is 2. The predicted molar refractivity (Wildman–Crippen MR) is 105 cm³/mol. The molecule has 2 fully saturated rings. The van der Waals surface area contributed by atoms with Gasteiger partial charge < -0.3 is 14.5 Å². The van der Waals surface area contributed by atoms with E-state index in [1.54, 1.807) is 25.6 Å². The van der Waals surface area contributed by atoms with Gasteiger partial charge in [0.2, 0.25) is 0 Å². The largest absolute Gasteiger partial charge is 0.497 e. The van der Waals surface area contributed by atoms with Crippen LogP contribution in [0.2, 0.25) is 5.02 Å². The second kappa shape index (κ2) is 7.49. The zero-order valence-corrected chi connectivity index (χ0v) is 16.4. The van der Waals surface area contributed by atoms with Crippen molar-refractivity contribution < 1.29 is 9.53 Å². The monoisotopic (exact) mass is 385 g/mol. The second-order valence-corrected chi connectivity index (χ2v) is 7.78. The Bertz CT molecular complexity index is 826. The van der Waals surface area contributed by atoms with Crippen LogP contribution >= 0.6 is 11.6 Å². The Hall–Kier alpha value is -2.11. The lowest BCUT2D eigenvalue weighted by atomic mass is 9.89. The third-order valence-electron chi connectivity index (χ3n) is 5.86. The summed E-state index contributed by atoms with van der Waals surface area (Å²) in [4.78, 5) is 21.9. The van der Waals surface area contributed by atoms with Gasteiger partial charge in [0.15, 0.2) is 0 Å². The van der Waals surface area contributed by atoms with Crippen molar-refractivity contribution in [1.29, 1.82) is 0 Å². The summed E-state index contributed by atoms with van der Waals surface area (Å²) < 4.78 is 5.30. The Morgan fingerprint density at radius 3 is 2.67 bits per heavy atom. The molecule has 2 aliphatic rings. The van der Waals surface area contributed by atoms with E-state index >= 15 is 0 Å². The van der Waals surface area contributed by atoms with Crippen LogP contribution in [0.5, 0.6) is 5.75 Å². The highest BCUT2D eigenvalue weighted by atomic mass is 35.5. The van der Waals surface area contributed by atoms with Gasteiger partial charge in [-0.15, -0.1) is 0 Å². The van der Waals surface area contributed by atoms with E-state index in [9.17, 15) is 4.79 Å². The first-order chi connectivity index (χ1) is 13.1. The number of ether oxygens (including phenoxy) is 1. The summed E-state index contributed by atoms with van der Waals surface area (Å²) in [6.45, 7) is 6.09. The molecule has 4 rings (SSSR count). The molecule has 2 aromatic rings. The number of benzene rings is 1. The van der Waals surface area contributed by atoms with Crippen molar-refractivity contribution in [3.8, 4) is 5.75 Å². The maximum Gasteiger partial charge on any atom is 0.256 e. The van der Waals surface area contributed by atoms with Crippen molar-refractivity contribution in [3.05, 3.63) is 58.9 Å². The zero-order chi connectivity index (χ0) is 19.0. The average molecular weight is 386 g/mol. The summed E-state index contributed by atoms with van der Waals surface area (Å²) in [5.41, 5.74) is 1.71. The van der Waals surface area contributed by atoms with Crippen LogP contribution < -0.4 is 4.74 Å². The number of nitrogens with zero attached hydrogens (tertiary/aromatic N) is 3. The van der Waals surface area contributed by atoms with E-state index < -0.39 is 0 Å². The molecule has 0 bridgehead atoms. The fraction of sp³-hybridized carbons (Fsp3) is 0.429. The number of pyridine rings is 1. The third kappa shape index (κ3) is 3.42. The Labute approximate surface area is 164 Å². The maximum atomic E-state index is 13.3. The first kappa shape index (κ1) is 18.3. The SMILES string of the molecule is CCN1C[C@H]2CN(C(=O)c3cncc(Cl)c3)[C@@H](c3ccc(OC)cc3)[C@H]2C1. The Kier molecular flexibility index (Phi) is 5.06. The van der Waals surface area contributed by atoms with Gasteiger partial charge in [0.25, 0.3) is 5.91 Å². The van der Waals surface area contributed by atoms with Crippen LogP contribution in [0.15, 0.2) is 42.7 Å². The number of amides is 1. The molecular formula is C21H24ClN3O2. The van der Waals surface area contributed by atoms with E-state index in [4.69, 9.17) is 16.3 Å². The molecule has 3 heterocycles. The molecule has 0 radical (unpaired) electrons. The molecule has 27 heavy (non-hydrogen) atoms. The second-order valence-electron chi connectivity index (χ2n) is 7.34. The number of rotatable bonds is 4. The summed E-state index contributed by atoms with van der Waals surface area (Å²) >= 11 is 6.06. The van der Waals surface area contributed by atoms with Gasteiger partial charge in [-0.1, -0.05) is 30.7 Å². The number of hydrogen-bond donors (Lipinski definition) is 0. The van der Waals surface area contributed by atoms with Gasteiger partial charge in [0.1, 0.15) is 5.75 Å². The molecule has 6 heteroatoms. The van der Waals surface area contributed by atoms with Crippen LogP contribution in [0.25, 0.3) is 0 Å². The van der Waals surface area contributed by atoms with Crippen molar-refractivity contribution in [2.75, 3.05) is 33.3 Å². The van der Waals surface area contributed by atoms with E-state index in [0.29, 0.717) is 22.4 Å². The van der Waals surface area contributed by atoms with Crippen LogP contribution in [0.4, 0.5) is 0 Å². The van der Waals surface area contributed by atoms with Crippen molar-refractivity contribution in [2.24, 2.45) is 11.8 Å². The van der Waals surface area contributed by atoms with E-state index in [1.807, 2.05) is 17.0 Å². The maximum absolute atomic E-state index is 13.3. The predicted octanol–water partition coefficient (Wildman–Crippen LogP) is 3.51. The van der Waals surface area contributed by atoms with E-state index in [-0.39, 0.29) is 11.9 Å². The quantitative estimate of drug-likeness (QED) is 0.808. The molecule has 1 amide bonds. The molecule has 0 aliphatic carbocycles. The van der Waals surface area contributed by atoms with E-state index in [0.717, 1.165) is 37.5 Å². The molecule has 3 atom stereocenters. The lowest BCUT2D eigenvalue weighted by Gasteiger charge is -2.30. The molecule has 0 N–H and O–H groups in total.